The van der Waals surface area contributed by atoms with Crippen LogP contribution >= 0.6 is 0 Å². The standard InChI is InChI=1S/C4H4N3/c5-4-2-1-3-6-7-4/h1-3,5H. The third kappa shape index (κ3) is 0.855. The SMILES string of the molecule is [NH]c1cccnn1. The van der Waals surface area contributed by atoms with Gasteiger partial charge in [0.2, 0.25) is 0 Å². The van der Waals surface area contributed by atoms with Gasteiger partial charge in [-0.1, -0.05) is 0 Å². The number of nitrogens with zero attached hydrogens (tertiary/aromatic N) is 2. The van der Waals surface area contributed by atoms with E-state index in [1.54, 1.807) is 12.1 Å². The summed E-state index contributed by atoms with van der Waals surface area (Å²) in [7, 11) is 0. The lowest BCUT2D eigenvalue weighted by molar-refractivity contribution is 1.02. The number of aromatic nitrogens is 2. The molecule has 0 saturated heterocycles. The van der Waals surface area contributed by atoms with Crippen LogP contribution in [0.15, 0.2) is 18.3 Å². The van der Waals surface area contributed by atoms with E-state index in [4.69, 9.17) is 5.73 Å². The minimum atomic E-state index is 0.211. The van der Waals surface area contributed by atoms with E-state index in [0.29, 0.717) is 0 Å². The van der Waals surface area contributed by atoms with Crippen LogP contribution in [0.4, 0.5) is 5.82 Å². The predicted molar refractivity (Wildman–Crippen MR) is 24.8 cm³/mol. The van der Waals surface area contributed by atoms with Crippen molar-refractivity contribution in [3.8, 4) is 0 Å². The molecule has 0 saturated carbocycles. The lowest BCUT2D eigenvalue weighted by Gasteiger charge is -1.79. The van der Waals surface area contributed by atoms with Crippen LogP contribution in [0.1, 0.15) is 0 Å². The number of hydrogen-bond donors (Lipinski definition) is 0. The van der Waals surface area contributed by atoms with E-state index in [9.17, 15) is 0 Å². The van der Waals surface area contributed by atoms with Gasteiger partial charge < -0.3 is 0 Å². The molecular weight excluding hydrogens is 90.1 g/mol. The minimum Gasteiger partial charge on any atom is -0.281 e. The Morgan fingerprint density at radius 2 is 2.43 bits per heavy atom. The summed E-state index contributed by atoms with van der Waals surface area (Å²) in [5.41, 5.74) is 6.82. The normalized spacial score (nSPS) is 8.57. The summed E-state index contributed by atoms with van der Waals surface area (Å²) in [5, 5.41) is 6.84. The quantitative estimate of drug-likeness (QED) is 0.467. The molecule has 0 unspecified atom stereocenters. The van der Waals surface area contributed by atoms with Crippen molar-refractivity contribution in [2.24, 2.45) is 0 Å². The van der Waals surface area contributed by atoms with Crippen molar-refractivity contribution in [1.82, 2.24) is 15.9 Å². The molecule has 0 atom stereocenters. The maximum absolute atomic E-state index is 6.82. The van der Waals surface area contributed by atoms with Crippen LogP contribution in [-0.4, -0.2) is 10.2 Å². The van der Waals surface area contributed by atoms with Gasteiger partial charge in [-0.3, -0.25) is 5.73 Å². The molecule has 0 aliphatic heterocycles. The second kappa shape index (κ2) is 1.55. The maximum Gasteiger partial charge on any atom is 0.167 e. The van der Waals surface area contributed by atoms with Gasteiger partial charge in [0.05, 0.1) is 0 Å². The highest BCUT2D eigenvalue weighted by atomic mass is 15.1. The Labute approximate surface area is 41.2 Å². The van der Waals surface area contributed by atoms with Crippen LogP contribution in [0.25, 0.3) is 0 Å². The van der Waals surface area contributed by atoms with E-state index in [1.807, 2.05) is 0 Å². The van der Waals surface area contributed by atoms with Crippen molar-refractivity contribution in [2.75, 3.05) is 0 Å². The Balaban J connectivity index is 3.02. The van der Waals surface area contributed by atoms with E-state index in [1.165, 1.54) is 6.20 Å². The monoisotopic (exact) mass is 94.0 g/mol. The first-order valence-electron chi connectivity index (χ1n) is 1.89. The summed E-state index contributed by atoms with van der Waals surface area (Å²) in [6, 6.07) is 3.25. The highest BCUT2D eigenvalue weighted by molar-refractivity contribution is 5.17. The summed E-state index contributed by atoms with van der Waals surface area (Å²) < 4.78 is 0. The third-order valence-corrected chi connectivity index (χ3v) is 0.572. The van der Waals surface area contributed by atoms with Crippen LogP contribution < -0.4 is 5.73 Å². The largest absolute Gasteiger partial charge is 0.281 e. The van der Waals surface area contributed by atoms with Gasteiger partial charge in [0, 0.05) is 6.20 Å². The second-order valence-electron chi connectivity index (χ2n) is 1.11. The molecule has 0 aliphatic rings. The third-order valence-electron chi connectivity index (χ3n) is 0.572. The Hall–Kier alpha value is -1.12. The topological polar surface area (TPSA) is 49.6 Å². The predicted octanol–water partition coefficient (Wildman–Crippen LogP) is 0.391. The van der Waals surface area contributed by atoms with Crippen molar-refractivity contribution in [2.45, 2.75) is 0 Å². The molecule has 3 nitrogen and oxygen atoms in total. The average Bonchev–Trinajstić information content (AvgIpc) is 1.69. The summed E-state index contributed by atoms with van der Waals surface area (Å²) in [5.74, 6) is 0.211. The molecule has 1 aromatic heterocycles. The Morgan fingerprint density at radius 3 is 2.71 bits per heavy atom. The van der Waals surface area contributed by atoms with Crippen molar-refractivity contribution >= 4 is 5.82 Å². The van der Waals surface area contributed by atoms with Crippen LogP contribution in [0.5, 0.6) is 0 Å². The molecule has 1 heterocycles. The number of rotatable bonds is 0. The summed E-state index contributed by atoms with van der Waals surface area (Å²) >= 11 is 0. The summed E-state index contributed by atoms with van der Waals surface area (Å²) in [4.78, 5) is 0. The highest BCUT2D eigenvalue weighted by Gasteiger charge is 1.76. The molecule has 0 spiro atoms. The van der Waals surface area contributed by atoms with Crippen molar-refractivity contribution in [3.63, 3.8) is 0 Å². The molecule has 35 valence electrons. The van der Waals surface area contributed by atoms with Crippen LogP contribution in [-0.2, 0) is 0 Å². The molecule has 0 amide bonds. The van der Waals surface area contributed by atoms with E-state index in [0.717, 1.165) is 0 Å². The fourth-order valence-corrected chi connectivity index (χ4v) is 0.302. The van der Waals surface area contributed by atoms with E-state index in [2.05, 4.69) is 10.2 Å². The first-order chi connectivity index (χ1) is 3.39. The van der Waals surface area contributed by atoms with Crippen LogP contribution in [0.3, 0.4) is 0 Å². The Bertz CT molecular complexity index is 137. The maximum atomic E-state index is 6.82. The van der Waals surface area contributed by atoms with Crippen molar-refractivity contribution in [3.05, 3.63) is 18.3 Å². The molecule has 1 N–H and O–H groups in total. The van der Waals surface area contributed by atoms with Gasteiger partial charge in [-0.15, -0.1) is 5.10 Å². The van der Waals surface area contributed by atoms with Crippen LogP contribution in [0.2, 0.25) is 0 Å². The van der Waals surface area contributed by atoms with Gasteiger partial charge in [0.25, 0.3) is 0 Å². The molecule has 0 fully saturated rings. The molecule has 3 heteroatoms. The van der Waals surface area contributed by atoms with Crippen molar-refractivity contribution in [1.29, 1.82) is 0 Å². The lowest BCUT2D eigenvalue weighted by atomic mass is 10.6. The van der Waals surface area contributed by atoms with Gasteiger partial charge in [-0.05, 0) is 12.1 Å². The Morgan fingerprint density at radius 1 is 1.57 bits per heavy atom. The molecule has 7 heavy (non-hydrogen) atoms. The summed E-state index contributed by atoms with van der Waals surface area (Å²) in [6.07, 6.45) is 1.54. The van der Waals surface area contributed by atoms with Gasteiger partial charge >= 0.3 is 0 Å². The highest BCUT2D eigenvalue weighted by Crippen LogP contribution is 1.89. The molecular formula is C4H4N3. The van der Waals surface area contributed by atoms with Gasteiger partial charge in [0.1, 0.15) is 0 Å². The van der Waals surface area contributed by atoms with Crippen molar-refractivity contribution < 1.29 is 0 Å². The summed E-state index contributed by atoms with van der Waals surface area (Å²) in [6.45, 7) is 0. The number of hydrogen-bond acceptors (Lipinski definition) is 2. The average molecular weight is 94.1 g/mol. The van der Waals surface area contributed by atoms with Gasteiger partial charge in [-0.2, -0.15) is 5.10 Å². The van der Waals surface area contributed by atoms with E-state index in [-0.39, 0.29) is 5.82 Å². The van der Waals surface area contributed by atoms with Gasteiger partial charge in [-0.25, -0.2) is 0 Å². The first kappa shape index (κ1) is 4.05. The number of nitrogens with one attached hydrogen (secondary N) is 1. The fraction of sp³-hybridized carbons (Fsp3) is 0. The lowest BCUT2D eigenvalue weighted by Crippen LogP contribution is -1.77. The zero-order valence-electron chi connectivity index (χ0n) is 3.63. The first-order valence-corrected chi connectivity index (χ1v) is 1.89. The molecule has 0 aliphatic carbocycles. The minimum absolute atomic E-state index is 0.211. The van der Waals surface area contributed by atoms with Gasteiger partial charge in [0.15, 0.2) is 5.82 Å². The van der Waals surface area contributed by atoms with E-state index >= 15 is 0 Å². The molecule has 1 radical (unpaired) electrons. The Kier molecular flexibility index (Phi) is 0.898. The van der Waals surface area contributed by atoms with E-state index < -0.39 is 0 Å². The molecule has 0 aromatic carbocycles. The molecule has 0 bridgehead atoms. The molecule has 1 aromatic rings. The van der Waals surface area contributed by atoms with Crippen LogP contribution in [0, 0.1) is 0 Å². The molecule has 1 rings (SSSR count). The zero-order chi connectivity index (χ0) is 5.11. The zero-order valence-corrected chi connectivity index (χ0v) is 3.63. The smallest absolute Gasteiger partial charge is 0.167 e. The fourth-order valence-electron chi connectivity index (χ4n) is 0.302. The second-order valence-corrected chi connectivity index (χ2v) is 1.11.